The Morgan fingerprint density at radius 3 is 2.93 bits per heavy atom. The number of ether oxygens (including phenoxy) is 2. The smallest absolute Gasteiger partial charge is 0.333 e. The average molecular weight is 683 g/mol. The van der Waals surface area contributed by atoms with E-state index in [0.717, 1.165) is 16.5 Å². The van der Waals surface area contributed by atoms with Crippen molar-refractivity contribution in [1.29, 1.82) is 0 Å². The summed E-state index contributed by atoms with van der Waals surface area (Å²) >= 11 is 8.20. The highest BCUT2D eigenvalue weighted by molar-refractivity contribution is 14.1. The number of allylic oxidation sites excluding steroid dienone is 5. The summed E-state index contributed by atoms with van der Waals surface area (Å²) < 4.78 is 12.9. The van der Waals surface area contributed by atoms with E-state index in [2.05, 4.69) is 85.1 Å². The molecule has 4 nitrogen and oxygen atoms in total. The van der Waals surface area contributed by atoms with Crippen molar-refractivity contribution in [3.63, 3.8) is 0 Å². The zero-order valence-electron chi connectivity index (χ0n) is 15.8. The molecule has 0 heterocycles. The molecule has 0 aliphatic heterocycles. The van der Waals surface area contributed by atoms with E-state index in [-0.39, 0.29) is 3.42 Å². The van der Waals surface area contributed by atoms with E-state index >= 15 is 0 Å². The first-order valence-corrected chi connectivity index (χ1v) is 11.9. The first-order valence-electron chi connectivity index (χ1n) is 8.99. The summed E-state index contributed by atoms with van der Waals surface area (Å²) in [5.41, 5.74) is 0.864. The second kappa shape index (κ2) is 12.1. The van der Waals surface area contributed by atoms with E-state index in [0.29, 0.717) is 25.4 Å². The summed E-state index contributed by atoms with van der Waals surface area (Å²) in [6.45, 7) is 2.54. The molecular weight excluding hydrogens is 662 g/mol. The minimum absolute atomic E-state index is 0.150. The third-order valence-electron chi connectivity index (χ3n) is 3.94. The molecule has 1 N–H and O–H groups in total. The third kappa shape index (κ3) is 8.44. The van der Waals surface area contributed by atoms with Gasteiger partial charge in [0.2, 0.25) is 0 Å². The van der Waals surface area contributed by atoms with Gasteiger partial charge in [-0.2, -0.15) is 0 Å². The van der Waals surface area contributed by atoms with Crippen molar-refractivity contribution in [3.05, 3.63) is 62.2 Å². The minimum Gasteiger partial charge on any atom is -0.488 e. The summed E-state index contributed by atoms with van der Waals surface area (Å²) in [6, 6.07) is 5.53. The molecule has 0 spiro atoms. The Bertz CT molecular complexity index is 883. The van der Waals surface area contributed by atoms with Gasteiger partial charge >= 0.3 is 5.97 Å². The van der Waals surface area contributed by atoms with E-state index in [4.69, 9.17) is 9.47 Å². The maximum atomic E-state index is 11.2. The van der Waals surface area contributed by atoms with E-state index < -0.39 is 12.1 Å². The van der Waals surface area contributed by atoms with Crippen LogP contribution in [0.2, 0.25) is 0 Å². The van der Waals surface area contributed by atoms with Crippen LogP contribution >= 0.6 is 61.1 Å². The number of rotatable bonds is 8. The molecular formula is C22H21BrI2O4. The molecule has 1 aromatic carbocycles. The molecule has 0 bridgehead atoms. The zero-order valence-corrected chi connectivity index (χ0v) is 21.7. The van der Waals surface area contributed by atoms with E-state index in [1.807, 2.05) is 30.4 Å². The van der Waals surface area contributed by atoms with Crippen LogP contribution in [0.15, 0.2) is 56.6 Å². The van der Waals surface area contributed by atoms with Crippen molar-refractivity contribution in [2.45, 2.75) is 29.3 Å². The van der Waals surface area contributed by atoms with Crippen LogP contribution in [-0.4, -0.2) is 33.8 Å². The molecule has 0 amide bonds. The van der Waals surface area contributed by atoms with E-state index in [9.17, 15) is 9.90 Å². The normalized spacial score (nSPS) is 19.4. The standard InChI is InChI=1S/C22H21BrI2O4/c1-2-28-20(21(26)27)14-16-8-9-19(18(23)13-16)29-12-5-3-4-10-22(25)11-6-7-17(24)15-22/h3,5-9,11,13,20H,2,12,14-15H2,1H3,(H,26,27)/b5-3-/t20-,22?/m0/s1. The maximum Gasteiger partial charge on any atom is 0.333 e. The number of carboxylic acids is 1. The number of hydrogen-bond donors (Lipinski definition) is 1. The Morgan fingerprint density at radius 2 is 2.28 bits per heavy atom. The monoisotopic (exact) mass is 682 g/mol. The van der Waals surface area contributed by atoms with Crippen LogP contribution in [0, 0.1) is 11.8 Å². The summed E-state index contributed by atoms with van der Waals surface area (Å²) in [4.78, 5) is 11.2. The first-order chi connectivity index (χ1) is 13.8. The fourth-order valence-electron chi connectivity index (χ4n) is 2.58. The summed E-state index contributed by atoms with van der Waals surface area (Å²) in [5.74, 6) is 6.09. The lowest BCUT2D eigenvalue weighted by Gasteiger charge is -2.19. The van der Waals surface area contributed by atoms with Gasteiger partial charge in [0.05, 0.1) is 4.47 Å². The van der Waals surface area contributed by atoms with Crippen molar-refractivity contribution in [2.24, 2.45) is 0 Å². The minimum atomic E-state index is -0.961. The van der Waals surface area contributed by atoms with Crippen molar-refractivity contribution in [3.8, 4) is 17.6 Å². The number of alkyl halides is 1. The Labute approximate surface area is 207 Å². The predicted octanol–water partition coefficient (Wildman–Crippen LogP) is 5.87. The van der Waals surface area contributed by atoms with Crippen LogP contribution < -0.4 is 4.74 Å². The molecule has 2 atom stereocenters. The molecule has 154 valence electrons. The van der Waals surface area contributed by atoms with Gasteiger partial charge in [-0.05, 0) is 78.9 Å². The molecule has 0 saturated carbocycles. The number of hydrogen-bond acceptors (Lipinski definition) is 3. The second-order valence-electron chi connectivity index (χ2n) is 6.25. The fourth-order valence-corrected chi connectivity index (χ4v) is 5.44. The Kier molecular flexibility index (Phi) is 10.2. The number of carbonyl (C=O) groups is 1. The van der Waals surface area contributed by atoms with Crippen LogP contribution in [0.1, 0.15) is 18.9 Å². The van der Waals surface area contributed by atoms with Gasteiger partial charge in [0.25, 0.3) is 0 Å². The molecule has 0 radical (unpaired) electrons. The SMILES string of the molecule is CCO[C@@H](Cc1ccc(OC/C=C\C#CC2(I)C=CC=C(I)C2)c(Br)c1)C(=O)O. The van der Waals surface area contributed by atoms with Crippen LogP contribution in [-0.2, 0) is 16.0 Å². The number of benzene rings is 1. The topological polar surface area (TPSA) is 55.8 Å². The van der Waals surface area contributed by atoms with Gasteiger partial charge in [0.1, 0.15) is 15.8 Å². The summed E-state index contributed by atoms with van der Waals surface area (Å²) in [6.07, 6.45) is 10.3. The van der Waals surface area contributed by atoms with Gasteiger partial charge in [0.15, 0.2) is 6.10 Å². The summed E-state index contributed by atoms with van der Waals surface area (Å²) in [7, 11) is 0. The Hall–Kier alpha value is -0.830. The van der Waals surface area contributed by atoms with Crippen LogP contribution in [0.4, 0.5) is 0 Å². The highest BCUT2D eigenvalue weighted by Crippen LogP contribution is 2.34. The second-order valence-corrected chi connectivity index (χ2v) is 10.4. The molecule has 2 rings (SSSR count). The fraction of sp³-hybridized carbons (Fsp3) is 0.318. The van der Waals surface area contributed by atoms with Crippen molar-refractivity contribution in [1.82, 2.24) is 0 Å². The highest BCUT2D eigenvalue weighted by Gasteiger charge is 2.23. The quantitative estimate of drug-likeness (QED) is 0.212. The lowest BCUT2D eigenvalue weighted by Crippen LogP contribution is -2.26. The van der Waals surface area contributed by atoms with Gasteiger partial charge in [0, 0.05) is 19.4 Å². The van der Waals surface area contributed by atoms with Crippen molar-refractivity contribution >= 4 is 67.1 Å². The van der Waals surface area contributed by atoms with Gasteiger partial charge in [-0.1, -0.05) is 58.7 Å². The van der Waals surface area contributed by atoms with Crippen molar-refractivity contribution < 1.29 is 19.4 Å². The van der Waals surface area contributed by atoms with E-state index in [1.54, 1.807) is 13.0 Å². The zero-order chi connectivity index (χ0) is 21.3. The number of aliphatic carboxylic acids is 1. The molecule has 7 heteroatoms. The molecule has 0 saturated heterocycles. The molecule has 1 aromatic rings. The lowest BCUT2D eigenvalue weighted by atomic mass is 10.0. The van der Waals surface area contributed by atoms with Gasteiger partial charge in [-0.15, -0.1) is 0 Å². The van der Waals surface area contributed by atoms with Crippen molar-refractivity contribution in [2.75, 3.05) is 13.2 Å². The van der Waals surface area contributed by atoms with Crippen LogP contribution in [0.25, 0.3) is 0 Å². The molecule has 0 aromatic heterocycles. The largest absolute Gasteiger partial charge is 0.488 e. The molecule has 1 aliphatic carbocycles. The maximum absolute atomic E-state index is 11.2. The Morgan fingerprint density at radius 1 is 1.48 bits per heavy atom. The van der Waals surface area contributed by atoms with Crippen LogP contribution in [0.3, 0.4) is 0 Å². The molecule has 1 unspecified atom stereocenters. The number of carboxylic acid groups (broad SMARTS) is 1. The first kappa shape index (κ1) is 24.4. The molecule has 29 heavy (non-hydrogen) atoms. The third-order valence-corrected chi connectivity index (χ3v) is 6.31. The van der Waals surface area contributed by atoms with E-state index in [1.165, 1.54) is 3.58 Å². The number of halogens is 3. The Balaban J connectivity index is 1.88. The lowest BCUT2D eigenvalue weighted by molar-refractivity contribution is -0.149. The summed E-state index contributed by atoms with van der Waals surface area (Å²) in [5, 5.41) is 9.20. The van der Waals surface area contributed by atoms with Gasteiger partial charge in [-0.3, -0.25) is 0 Å². The molecule has 0 fully saturated rings. The van der Waals surface area contributed by atoms with Crippen LogP contribution in [0.5, 0.6) is 5.75 Å². The molecule has 1 aliphatic rings. The predicted molar refractivity (Wildman–Crippen MR) is 136 cm³/mol. The average Bonchev–Trinajstić information content (AvgIpc) is 2.65. The highest BCUT2D eigenvalue weighted by atomic mass is 127. The van der Waals surface area contributed by atoms with Gasteiger partial charge in [-0.25, -0.2) is 4.79 Å². The van der Waals surface area contributed by atoms with Gasteiger partial charge < -0.3 is 14.6 Å².